The van der Waals surface area contributed by atoms with Crippen molar-refractivity contribution in [1.82, 2.24) is 5.32 Å². The molecule has 0 aliphatic carbocycles. The van der Waals surface area contributed by atoms with E-state index in [-0.39, 0.29) is 17.6 Å². The van der Waals surface area contributed by atoms with Gasteiger partial charge in [0.25, 0.3) is 5.91 Å². The minimum absolute atomic E-state index is 0.0744. The molecule has 1 fully saturated rings. The van der Waals surface area contributed by atoms with Gasteiger partial charge < -0.3 is 15.2 Å². The van der Waals surface area contributed by atoms with Crippen molar-refractivity contribution >= 4 is 16.7 Å². The molecule has 2 N–H and O–H groups in total. The van der Waals surface area contributed by atoms with E-state index in [1.165, 1.54) is 0 Å². The van der Waals surface area contributed by atoms with Crippen molar-refractivity contribution in [2.24, 2.45) is 0 Å². The number of rotatable bonds is 0. The van der Waals surface area contributed by atoms with Crippen molar-refractivity contribution < 1.29 is 14.6 Å². The maximum atomic E-state index is 12.4. The molecule has 22 heavy (non-hydrogen) atoms. The first-order valence-electron chi connectivity index (χ1n) is 7.41. The molecule has 0 radical (unpaired) electrons. The van der Waals surface area contributed by atoms with Crippen molar-refractivity contribution in [2.75, 3.05) is 0 Å². The van der Waals surface area contributed by atoms with Gasteiger partial charge in [0.05, 0.1) is 11.3 Å². The van der Waals surface area contributed by atoms with Gasteiger partial charge in [-0.05, 0) is 30.7 Å². The van der Waals surface area contributed by atoms with Crippen LogP contribution >= 0.6 is 0 Å². The smallest absolute Gasteiger partial charge is 0.254 e. The molecule has 4 rings (SSSR count). The van der Waals surface area contributed by atoms with E-state index in [1.807, 2.05) is 43.3 Å². The van der Waals surface area contributed by atoms with Gasteiger partial charge in [0.1, 0.15) is 5.75 Å². The fourth-order valence-corrected chi connectivity index (χ4v) is 3.71. The number of carbonyl (C=O) groups is 1. The minimum Gasteiger partial charge on any atom is -0.512 e. The number of hydrogen-bond acceptors (Lipinski definition) is 3. The molecule has 2 heterocycles. The molecule has 2 aliphatic heterocycles. The van der Waals surface area contributed by atoms with Gasteiger partial charge in [0.15, 0.2) is 5.72 Å². The van der Waals surface area contributed by atoms with Gasteiger partial charge >= 0.3 is 0 Å². The molecule has 112 valence electrons. The van der Waals surface area contributed by atoms with E-state index in [4.69, 9.17) is 4.74 Å². The molecule has 0 unspecified atom stereocenters. The first-order valence-corrected chi connectivity index (χ1v) is 7.41. The monoisotopic (exact) mass is 295 g/mol. The Morgan fingerprint density at radius 2 is 2.09 bits per heavy atom. The van der Waals surface area contributed by atoms with E-state index in [0.29, 0.717) is 12.0 Å². The van der Waals surface area contributed by atoms with Gasteiger partial charge in [-0.15, -0.1) is 0 Å². The molecule has 2 atom stereocenters. The van der Waals surface area contributed by atoms with Gasteiger partial charge in [-0.3, -0.25) is 4.79 Å². The fourth-order valence-electron chi connectivity index (χ4n) is 3.71. The number of carbonyl (C=O) groups excluding carboxylic acids is 1. The van der Waals surface area contributed by atoms with E-state index in [1.54, 1.807) is 6.92 Å². The second kappa shape index (κ2) is 4.26. The third-order valence-electron chi connectivity index (χ3n) is 4.57. The molecule has 0 spiro atoms. The summed E-state index contributed by atoms with van der Waals surface area (Å²) < 4.78 is 6.06. The summed E-state index contributed by atoms with van der Waals surface area (Å²) in [6.45, 7) is 3.44. The van der Waals surface area contributed by atoms with Crippen LogP contribution < -0.4 is 10.1 Å². The number of aliphatic hydroxyl groups excluding tert-OH is 1. The maximum Gasteiger partial charge on any atom is 0.254 e. The zero-order valence-electron chi connectivity index (χ0n) is 12.5. The lowest BCUT2D eigenvalue weighted by molar-refractivity contribution is -0.127. The SMILES string of the molecule is C/C(O)=C1/C(=O)N[C@@]2(C)C[C@H]1c1c(ccc3ccccc13)O2. The molecule has 0 aromatic heterocycles. The highest BCUT2D eigenvalue weighted by Crippen LogP contribution is 2.49. The molecule has 2 bridgehead atoms. The number of nitrogens with one attached hydrogen (secondary N) is 1. The third-order valence-corrected chi connectivity index (χ3v) is 4.57. The summed E-state index contributed by atoms with van der Waals surface area (Å²) in [5.74, 6) is 0.442. The average Bonchev–Trinajstić information content (AvgIpc) is 2.44. The molecular weight excluding hydrogens is 278 g/mol. The summed E-state index contributed by atoms with van der Waals surface area (Å²) in [6.07, 6.45) is 0.618. The number of aliphatic hydroxyl groups is 1. The van der Waals surface area contributed by atoms with Crippen LogP contribution in [0.5, 0.6) is 5.75 Å². The van der Waals surface area contributed by atoms with Crippen LogP contribution in [-0.2, 0) is 4.79 Å². The summed E-state index contributed by atoms with van der Waals surface area (Å²) in [5.41, 5.74) is 0.711. The standard InChI is InChI=1S/C18H17NO3/c1-10(20)15-13-9-18(2,19-17(15)21)22-14-8-7-11-5-3-4-6-12(11)16(13)14/h3-8,13,20H,9H2,1-2H3,(H,19,21)/b15-10-/t13-,18-/m1/s1. The van der Waals surface area contributed by atoms with Gasteiger partial charge in [0, 0.05) is 17.9 Å². The van der Waals surface area contributed by atoms with Gasteiger partial charge in [-0.2, -0.15) is 0 Å². The molecule has 2 aromatic rings. The zero-order chi connectivity index (χ0) is 15.5. The third kappa shape index (κ3) is 1.73. The normalized spacial score (nSPS) is 28.6. The van der Waals surface area contributed by atoms with E-state index in [2.05, 4.69) is 5.32 Å². The first kappa shape index (κ1) is 13.2. The molecule has 1 amide bonds. The summed E-state index contributed by atoms with van der Waals surface area (Å²) in [7, 11) is 0. The highest BCUT2D eigenvalue weighted by Gasteiger charge is 2.47. The van der Waals surface area contributed by atoms with Gasteiger partial charge in [0.2, 0.25) is 0 Å². The van der Waals surface area contributed by atoms with E-state index >= 15 is 0 Å². The topological polar surface area (TPSA) is 58.6 Å². The van der Waals surface area contributed by atoms with Crippen LogP contribution in [0.2, 0.25) is 0 Å². The Morgan fingerprint density at radius 1 is 1.32 bits per heavy atom. The molecule has 4 heteroatoms. The molecule has 2 aliphatic rings. The molecule has 2 aromatic carbocycles. The van der Waals surface area contributed by atoms with Crippen LogP contribution in [0.4, 0.5) is 0 Å². The van der Waals surface area contributed by atoms with Crippen molar-refractivity contribution in [2.45, 2.75) is 31.9 Å². The van der Waals surface area contributed by atoms with Crippen molar-refractivity contribution in [3.8, 4) is 5.75 Å². The van der Waals surface area contributed by atoms with Crippen LogP contribution in [-0.4, -0.2) is 16.7 Å². The lowest BCUT2D eigenvalue weighted by atomic mass is 9.76. The first-order chi connectivity index (χ1) is 10.5. The number of amides is 1. The number of piperidine rings is 1. The molecular formula is C18H17NO3. The van der Waals surface area contributed by atoms with Crippen molar-refractivity contribution in [3.05, 3.63) is 53.3 Å². The van der Waals surface area contributed by atoms with Crippen molar-refractivity contribution in [3.63, 3.8) is 0 Å². The predicted molar refractivity (Wildman–Crippen MR) is 83.8 cm³/mol. The van der Waals surface area contributed by atoms with Crippen molar-refractivity contribution in [1.29, 1.82) is 0 Å². The average molecular weight is 295 g/mol. The fraction of sp³-hybridized carbons (Fsp3) is 0.278. The quantitative estimate of drug-likeness (QED) is 0.578. The van der Waals surface area contributed by atoms with Crippen LogP contribution in [0.25, 0.3) is 10.8 Å². The summed E-state index contributed by atoms with van der Waals surface area (Å²) in [5, 5.41) is 15.1. The van der Waals surface area contributed by atoms with Crippen LogP contribution in [0.1, 0.15) is 31.7 Å². The second-order valence-electron chi connectivity index (χ2n) is 6.24. The molecule has 1 saturated heterocycles. The highest BCUT2D eigenvalue weighted by molar-refractivity contribution is 5.99. The Morgan fingerprint density at radius 3 is 2.86 bits per heavy atom. The second-order valence-corrected chi connectivity index (χ2v) is 6.24. The summed E-state index contributed by atoms with van der Waals surface area (Å²) >= 11 is 0. The van der Waals surface area contributed by atoms with E-state index < -0.39 is 5.72 Å². The van der Waals surface area contributed by atoms with Gasteiger partial charge in [-0.25, -0.2) is 0 Å². The predicted octanol–water partition coefficient (Wildman–Crippen LogP) is 3.38. The Labute approximate surface area is 128 Å². The van der Waals surface area contributed by atoms with Crippen LogP contribution in [0.15, 0.2) is 47.7 Å². The number of ether oxygens (including phenoxy) is 1. The number of hydrogen-bond donors (Lipinski definition) is 2. The lowest BCUT2D eigenvalue weighted by Crippen LogP contribution is -2.58. The Bertz CT molecular complexity index is 835. The molecule has 4 nitrogen and oxygen atoms in total. The summed E-state index contributed by atoms with van der Waals surface area (Å²) in [6, 6.07) is 12.0. The summed E-state index contributed by atoms with van der Waals surface area (Å²) in [4.78, 5) is 12.4. The minimum atomic E-state index is -0.726. The number of benzene rings is 2. The largest absolute Gasteiger partial charge is 0.512 e. The zero-order valence-corrected chi connectivity index (χ0v) is 12.5. The Balaban J connectivity index is 2.05. The maximum absolute atomic E-state index is 12.4. The number of allylic oxidation sites excluding steroid dienone is 1. The van der Waals surface area contributed by atoms with Crippen LogP contribution in [0.3, 0.4) is 0 Å². The Hall–Kier alpha value is -2.49. The van der Waals surface area contributed by atoms with E-state index in [0.717, 1.165) is 22.1 Å². The number of fused-ring (bicyclic) bond motifs is 6. The molecule has 0 saturated carbocycles. The van der Waals surface area contributed by atoms with Gasteiger partial charge in [-0.1, -0.05) is 30.3 Å². The van der Waals surface area contributed by atoms with Crippen LogP contribution in [0, 0.1) is 0 Å². The lowest BCUT2D eigenvalue weighted by Gasteiger charge is -2.45. The highest BCUT2D eigenvalue weighted by atomic mass is 16.5. The van der Waals surface area contributed by atoms with E-state index in [9.17, 15) is 9.90 Å². The Kier molecular flexibility index (Phi) is 2.55.